The molecule has 3 aromatic carbocycles. The highest BCUT2D eigenvalue weighted by Gasteiger charge is 2.29. The second-order valence-electron chi connectivity index (χ2n) is 7.86. The third-order valence-corrected chi connectivity index (χ3v) is 5.85. The molecule has 166 valence electrons. The Hall–Kier alpha value is -3.15. The third-order valence-electron chi connectivity index (χ3n) is 5.85. The number of rotatable bonds is 10. The number of benzene rings is 3. The van der Waals surface area contributed by atoms with Gasteiger partial charge in [0.15, 0.2) is 0 Å². The van der Waals surface area contributed by atoms with Gasteiger partial charge in [0, 0.05) is 19.0 Å². The molecule has 0 unspecified atom stereocenters. The molecule has 0 spiro atoms. The number of carbonyl (C=O) groups is 1. The summed E-state index contributed by atoms with van der Waals surface area (Å²) in [5.41, 5.74) is 5.98. The molecule has 0 saturated heterocycles. The van der Waals surface area contributed by atoms with E-state index in [0.29, 0.717) is 26.3 Å². The lowest BCUT2D eigenvalue weighted by molar-refractivity contribution is 0.0604. The zero-order chi connectivity index (χ0) is 22.2. The average molecular weight is 432 g/mol. The van der Waals surface area contributed by atoms with E-state index < -0.39 is 0 Å². The summed E-state index contributed by atoms with van der Waals surface area (Å²) in [4.78, 5) is 14.7. The van der Waals surface area contributed by atoms with Crippen molar-refractivity contribution in [2.24, 2.45) is 0 Å². The number of carbonyl (C=O) groups excluding carboxylic acids is 1. The highest BCUT2D eigenvalue weighted by molar-refractivity contribution is 5.79. The van der Waals surface area contributed by atoms with E-state index >= 15 is 0 Å². The molecule has 0 saturated carbocycles. The number of nitrogens with zero attached hydrogens (tertiary/aromatic N) is 1. The zero-order valence-electron chi connectivity index (χ0n) is 18.2. The van der Waals surface area contributed by atoms with E-state index in [9.17, 15) is 4.79 Å². The van der Waals surface area contributed by atoms with Crippen LogP contribution < -0.4 is 0 Å². The van der Waals surface area contributed by atoms with Gasteiger partial charge >= 0.3 is 6.09 Å². The van der Waals surface area contributed by atoms with Crippen LogP contribution in [0.15, 0.2) is 78.9 Å². The number of hydrogen-bond donors (Lipinski definition) is 1. The van der Waals surface area contributed by atoms with Crippen molar-refractivity contribution in [3.63, 3.8) is 0 Å². The molecule has 5 nitrogen and oxygen atoms in total. The molecule has 0 aliphatic heterocycles. The highest BCUT2D eigenvalue weighted by Crippen LogP contribution is 2.44. The van der Waals surface area contributed by atoms with Crippen LogP contribution in [0, 0.1) is 0 Å². The highest BCUT2D eigenvalue weighted by atomic mass is 16.6. The smallest absolute Gasteiger partial charge is 0.409 e. The molecule has 32 heavy (non-hydrogen) atoms. The van der Waals surface area contributed by atoms with Crippen molar-refractivity contribution < 1.29 is 19.4 Å². The number of fused-ring (bicyclic) bond motifs is 3. The first-order valence-electron chi connectivity index (χ1n) is 11.1. The first-order valence-corrected chi connectivity index (χ1v) is 11.1. The molecule has 1 aliphatic carbocycles. The van der Waals surface area contributed by atoms with Gasteiger partial charge in [0.1, 0.15) is 6.61 Å². The summed E-state index contributed by atoms with van der Waals surface area (Å²) in [6, 6.07) is 26.7. The summed E-state index contributed by atoms with van der Waals surface area (Å²) in [5.74, 6) is 0.0352. The van der Waals surface area contributed by atoms with Crippen LogP contribution >= 0.6 is 0 Å². The minimum absolute atomic E-state index is 0.0328. The Morgan fingerprint density at radius 1 is 0.812 bits per heavy atom. The Balaban J connectivity index is 1.42. The third kappa shape index (κ3) is 5.18. The van der Waals surface area contributed by atoms with Crippen molar-refractivity contribution in [1.29, 1.82) is 0 Å². The second-order valence-corrected chi connectivity index (χ2v) is 7.86. The van der Waals surface area contributed by atoms with Crippen molar-refractivity contribution in [2.45, 2.75) is 12.3 Å². The molecule has 1 aliphatic rings. The van der Waals surface area contributed by atoms with E-state index in [1.165, 1.54) is 27.8 Å². The van der Waals surface area contributed by atoms with E-state index in [2.05, 4.69) is 36.4 Å². The Labute approximate surface area is 189 Å². The molecule has 1 amide bonds. The van der Waals surface area contributed by atoms with Gasteiger partial charge in [-0.25, -0.2) is 4.79 Å². The zero-order valence-corrected chi connectivity index (χ0v) is 18.2. The van der Waals surface area contributed by atoms with Crippen molar-refractivity contribution in [1.82, 2.24) is 4.90 Å². The maximum atomic E-state index is 13.0. The topological polar surface area (TPSA) is 59.0 Å². The standard InChI is InChI=1S/C27H29NO4/c29-17-19-31-18-16-28(15-14-21-8-2-1-3-9-21)27(30)32-20-26-24-12-6-4-10-22(24)23-11-5-7-13-25(23)26/h1-13,26,29H,14-20H2. The number of hydrogen-bond acceptors (Lipinski definition) is 4. The number of aliphatic hydroxyl groups excluding tert-OH is 1. The van der Waals surface area contributed by atoms with Crippen molar-refractivity contribution >= 4 is 6.09 Å². The van der Waals surface area contributed by atoms with E-state index in [1.807, 2.05) is 42.5 Å². The molecular weight excluding hydrogens is 402 g/mol. The van der Waals surface area contributed by atoms with Crippen molar-refractivity contribution in [3.05, 3.63) is 95.6 Å². The van der Waals surface area contributed by atoms with Gasteiger partial charge in [-0.05, 0) is 34.2 Å². The maximum Gasteiger partial charge on any atom is 0.409 e. The Morgan fingerprint density at radius 2 is 1.44 bits per heavy atom. The molecule has 5 heteroatoms. The van der Waals surface area contributed by atoms with E-state index in [0.717, 1.165) is 6.42 Å². The van der Waals surface area contributed by atoms with Gasteiger partial charge in [0.2, 0.25) is 0 Å². The van der Waals surface area contributed by atoms with Gasteiger partial charge < -0.3 is 19.5 Å². The van der Waals surface area contributed by atoms with E-state index in [-0.39, 0.29) is 25.2 Å². The van der Waals surface area contributed by atoms with Crippen LogP contribution in [0.25, 0.3) is 11.1 Å². The van der Waals surface area contributed by atoms with Crippen LogP contribution in [0.1, 0.15) is 22.6 Å². The molecule has 3 aromatic rings. The summed E-state index contributed by atoms with van der Waals surface area (Å²) in [7, 11) is 0. The quantitative estimate of drug-likeness (QED) is 0.481. The number of ether oxygens (including phenoxy) is 2. The van der Waals surface area contributed by atoms with Gasteiger partial charge in [0.25, 0.3) is 0 Å². The van der Waals surface area contributed by atoms with Crippen LogP contribution in [0.5, 0.6) is 0 Å². The molecule has 1 N–H and O–H groups in total. The van der Waals surface area contributed by atoms with Crippen LogP contribution in [-0.2, 0) is 15.9 Å². The second kappa shape index (κ2) is 10.9. The van der Waals surface area contributed by atoms with Crippen molar-refractivity contribution in [3.8, 4) is 11.1 Å². The maximum absolute atomic E-state index is 13.0. The fourth-order valence-corrected chi connectivity index (χ4v) is 4.23. The average Bonchev–Trinajstić information content (AvgIpc) is 3.16. The van der Waals surface area contributed by atoms with Crippen LogP contribution in [0.3, 0.4) is 0 Å². The number of aliphatic hydroxyl groups is 1. The molecule has 4 rings (SSSR count). The minimum atomic E-state index is -0.338. The van der Waals surface area contributed by atoms with Gasteiger partial charge in [-0.2, -0.15) is 0 Å². The molecule has 0 aromatic heterocycles. The first kappa shape index (κ1) is 22.1. The molecule has 0 heterocycles. The molecule has 0 bridgehead atoms. The van der Waals surface area contributed by atoms with Crippen LogP contribution in [-0.4, -0.2) is 55.6 Å². The van der Waals surface area contributed by atoms with Crippen LogP contribution in [0.2, 0.25) is 0 Å². The van der Waals surface area contributed by atoms with E-state index in [1.54, 1.807) is 4.90 Å². The lowest BCUT2D eigenvalue weighted by Crippen LogP contribution is -2.37. The van der Waals surface area contributed by atoms with Crippen molar-refractivity contribution in [2.75, 3.05) is 39.5 Å². The monoisotopic (exact) mass is 431 g/mol. The van der Waals surface area contributed by atoms with Gasteiger partial charge in [-0.1, -0.05) is 78.9 Å². The Morgan fingerprint density at radius 3 is 2.09 bits per heavy atom. The summed E-state index contributed by atoms with van der Waals surface area (Å²) in [6.07, 6.45) is 0.404. The largest absolute Gasteiger partial charge is 0.448 e. The normalized spacial score (nSPS) is 12.3. The van der Waals surface area contributed by atoms with E-state index in [4.69, 9.17) is 14.6 Å². The first-order chi connectivity index (χ1) is 15.8. The molecule has 0 atom stereocenters. The fraction of sp³-hybridized carbons (Fsp3) is 0.296. The molecular formula is C27H29NO4. The van der Waals surface area contributed by atoms with Gasteiger partial charge in [-0.15, -0.1) is 0 Å². The fourth-order valence-electron chi connectivity index (χ4n) is 4.23. The summed E-state index contributed by atoms with van der Waals surface area (Å²) < 4.78 is 11.2. The predicted octanol–water partition coefficient (Wildman–Crippen LogP) is 4.49. The summed E-state index contributed by atoms with van der Waals surface area (Å²) in [6.45, 7) is 1.85. The lowest BCUT2D eigenvalue weighted by Gasteiger charge is -2.23. The Bertz CT molecular complexity index is 975. The summed E-state index contributed by atoms with van der Waals surface area (Å²) in [5, 5.41) is 8.93. The minimum Gasteiger partial charge on any atom is -0.448 e. The van der Waals surface area contributed by atoms with Crippen LogP contribution in [0.4, 0.5) is 4.79 Å². The number of amides is 1. The lowest BCUT2D eigenvalue weighted by atomic mass is 9.98. The molecule has 0 fully saturated rings. The van der Waals surface area contributed by atoms with Gasteiger partial charge in [0.05, 0.1) is 19.8 Å². The Kier molecular flexibility index (Phi) is 7.54. The SMILES string of the molecule is O=C(OCC1c2ccccc2-c2ccccc21)N(CCOCCO)CCc1ccccc1. The predicted molar refractivity (Wildman–Crippen MR) is 125 cm³/mol. The molecule has 0 radical (unpaired) electrons. The summed E-state index contributed by atoms with van der Waals surface area (Å²) >= 11 is 0. The van der Waals surface area contributed by atoms with Gasteiger partial charge in [-0.3, -0.25) is 0 Å².